The third kappa shape index (κ3) is 5.50. The Labute approximate surface area is 145 Å². The van der Waals surface area contributed by atoms with E-state index in [1.54, 1.807) is 16.7 Å². The number of hydrogen-bond donors (Lipinski definition) is 3. The van der Waals surface area contributed by atoms with Gasteiger partial charge in [0.25, 0.3) is 5.56 Å². The number of amides is 2. The molecule has 0 aliphatic rings. The Morgan fingerprint density at radius 1 is 1.25 bits per heavy atom. The van der Waals surface area contributed by atoms with E-state index in [4.69, 9.17) is 0 Å². The number of unbranched alkanes of at least 4 members (excludes halogenated alkanes) is 1. The first-order valence-electron chi connectivity index (χ1n) is 7.97. The molecule has 0 saturated carbocycles. The van der Waals surface area contributed by atoms with Crippen molar-refractivity contribution in [1.82, 2.24) is 15.2 Å². The third-order valence-corrected chi connectivity index (χ3v) is 4.66. The van der Waals surface area contributed by atoms with Crippen LogP contribution in [0.5, 0.6) is 0 Å². The van der Waals surface area contributed by atoms with Crippen molar-refractivity contribution in [2.75, 3.05) is 13.1 Å². The summed E-state index contributed by atoms with van der Waals surface area (Å²) in [6.07, 6.45) is 0.911. The molecule has 2 rings (SSSR count). The largest absolute Gasteiger partial charge is 0.386 e. The van der Waals surface area contributed by atoms with Crippen molar-refractivity contribution in [1.29, 1.82) is 0 Å². The summed E-state index contributed by atoms with van der Waals surface area (Å²) in [7, 11) is 0. The van der Waals surface area contributed by atoms with Gasteiger partial charge in [-0.15, -0.1) is 11.3 Å². The lowest BCUT2D eigenvalue weighted by Gasteiger charge is -2.12. The molecule has 0 bridgehead atoms. The van der Waals surface area contributed by atoms with E-state index in [9.17, 15) is 14.7 Å². The number of aliphatic hydroxyl groups excluding tert-OH is 1. The van der Waals surface area contributed by atoms with Crippen LogP contribution in [0, 0.1) is 6.92 Å². The number of aliphatic hydroxyl groups is 1. The van der Waals surface area contributed by atoms with Crippen molar-refractivity contribution in [3.05, 3.63) is 56.6 Å². The molecule has 0 aliphatic heterocycles. The van der Waals surface area contributed by atoms with Gasteiger partial charge in [0.2, 0.25) is 0 Å². The minimum atomic E-state index is -0.677. The van der Waals surface area contributed by atoms with E-state index in [2.05, 4.69) is 10.6 Å². The second-order valence-electron chi connectivity index (χ2n) is 5.53. The van der Waals surface area contributed by atoms with Crippen LogP contribution < -0.4 is 16.2 Å². The van der Waals surface area contributed by atoms with Crippen molar-refractivity contribution < 1.29 is 9.90 Å². The predicted octanol–water partition coefficient (Wildman–Crippen LogP) is 2.03. The van der Waals surface area contributed by atoms with Crippen molar-refractivity contribution in [3.8, 4) is 0 Å². The first kappa shape index (κ1) is 18.2. The van der Waals surface area contributed by atoms with Crippen molar-refractivity contribution >= 4 is 17.4 Å². The number of thiophene rings is 1. The summed E-state index contributed by atoms with van der Waals surface area (Å²) in [5.74, 6) is 0. The first-order valence-corrected chi connectivity index (χ1v) is 8.85. The topological polar surface area (TPSA) is 83.4 Å². The molecule has 130 valence electrons. The Morgan fingerprint density at radius 3 is 2.79 bits per heavy atom. The zero-order valence-corrected chi connectivity index (χ0v) is 14.5. The number of carbonyl (C=O) groups is 1. The van der Waals surface area contributed by atoms with Gasteiger partial charge in [0, 0.05) is 29.7 Å². The molecule has 0 saturated heterocycles. The quantitative estimate of drug-likeness (QED) is 0.638. The number of urea groups is 1. The fourth-order valence-corrected chi connectivity index (χ4v) is 3.05. The number of nitrogens with one attached hydrogen (secondary N) is 2. The molecule has 24 heavy (non-hydrogen) atoms. The highest BCUT2D eigenvalue weighted by Crippen LogP contribution is 2.17. The molecule has 1 unspecified atom stereocenters. The second kappa shape index (κ2) is 9.24. The van der Waals surface area contributed by atoms with Gasteiger partial charge in [0.05, 0.1) is 6.54 Å². The van der Waals surface area contributed by atoms with Gasteiger partial charge in [-0.3, -0.25) is 4.79 Å². The number of carbonyl (C=O) groups excluding carboxylic acids is 1. The van der Waals surface area contributed by atoms with Crippen LogP contribution in [0.3, 0.4) is 0 Å². The van der Waals surface area contributed by atoms with Crippen LogP contribution >= 0.6 is 11.3 Å². The van der Waals surface area contributed by atoms with Crippen molar-refractivity contribution in [2.45, 2.75) is 32.4 Å². The van der Waals surface area contributed by atoms with Crippen LogP contribution in [0.2, 0.25) is 0 Å². The van der Waals surface area contributed by atoms with Crippen LogP contribution in [0.1, 0.15) is 29.5 Å². The minimum Gasteiger partial charge on any atom is -0.386 e. The Kier molecular flexibility index (Phi) is 7.02. The average molecular weight is 349 g/mol. The number of aryl methyl sites for hydroxylation is 1. The fourth-order valence-electron chi connectivity index (χ4n) is 2.34. The predicted molar refractivity (Wildman–Crippen MR) is 95.4 cm³/mol. The first-order chi connectivity index (χ1) is 11.6. The molecule has 2 heterocycles. The molecular weight excluding hydrogens is 326 g/mol. The van der Waals surface area contributed by atoms with Crippen LogP contribution in [-0.4, -0.2) is 28.8 Å². The van der Waals surface area contributed by atoms with Gasteiger partial charge in [-0.1, -0.05) is 12.1 Å². The van der Waals surface area contributed by atoms with E-state index in [1.165, 1.54) is 11.3 Å². The maximum Gasteiger partial charge on any atom is 0.314 e. The van der Waals surface area contributed by atoms with E-state index < -0.39 is 6.10 Å². The Hall–Kier alpha value is -2.12. The molecule has 2 aromatic heterocycles. The van der Waals surface area contributed by atoms with Gasteiger partial charge in [0.1, 0.15) is 6.10 Å². The molecule has 0 aliphatic carbocycles. The molecule has 0 radical (unpaired) electrons. The fraction of sp³-hybridized carbons (Fsp3) is 0.412. The monoisotopic (exact) mass is 349 g/mol. The normalized spacial score (nSPS) is 11.9. The summed E-state index contributed by atoms with van der Waals surface area (Å²) >= 11 is 1.46. The number of hydrogen-bond acceptors (Lipinski definition) is 4. The van der Waals surface area contributed by atoms with Crippen LogP contribution in [0.15, 0.2) is 40.5 Å². The van der Waals surface area contributed by atoms with Gasteiger partial charge >= 0.3 is 6.03 Å². The van der Waals surface area contributed by atoms with E-state index in [-0.39, 0.29) is 18.1 Å². The molecule has 7 heteroatoms. The molecule has 1 atom stereocenters. The van der Waals surface area contributed by atoms with E-state index in [1.807, 2.05) is 30.5 Å². The molecule has 0 fully saturated rings. The molecule has 0 aromatic carbocycles. The zero-order valence-electron chi connectivity index (χ0n) is 13.7. The summed E-state index contributed by atoms with van der Waals surface area (Å²) in [5, 5.41) is 17.2. The smallest absolute Gasteiger partial charge is 0.314 e. The molecule has 0 spiro atoms. The van der Waals surface area contributed by atoms with E-state index in [0.717, 1.165) is 23.4 Å². The number of rotatable bonds is 8. The number of nitrogens with zero attached hydrogens (tertiary/aromatic N) is 1. The molecule has 6 nitrogen and oxygen atoms in total. The maximum atomic E-state index is 11.7. The lowest BCUT2D eigenvalue weighted by atomic mass is 10.3. The number of pyridine rings is 1. The van der Waals surface area contributed by atoms with Gasteiger partial charge in [-0.2, -0.15) is 0 Å². The molecule has 3 N–H and O–H groups in total. The van der Waals surface area contributed by atoms with Crippen LogP contribution in [0.4, 0.5) is 4.79 Å². The summed E-state index contributed by atoms with van der Waals surface area (Å²) in [4.78, 5) is 24.2. The van der Waals surface area contributed by atoms with Crippen molar-refractivity contribution in [3.63, 3.8) is 0 Å². The van der Waals surface area contributed by atoms with Gasteiger partial charge in [-0.05, 0) is 37.3 Å². The highest BCUT2D eigenvalue weighted by molar-refractivity contribution is 7.10. The lowest BCUT2D eigenvalue weighted by molar-refractivity contribution is 0.176. The van der Waals surface area contributed by atoms with E-state index >= 15 is 0 Å². The summed E-state index contributed by atoms with van der Waals surface area (Å²) in [6.45, 7) is 3.27. The SMILES string of the molecule is Cc1cccc(=O)n1CCCCNC(=O)NCC(O)c1cccs1. The zero-order chi connectivity index (χ0) is 17.4. The standard InChI is InChI=1S/C17H23N3O3S/c1-13-6-4-8-16(22)20(13)10-3-2-9-18-17(23)19-12-14(21)15-7-5-11-24-15/h4-8,11,14,21H,2-3,9-10,12H2,1H3,(H2,18,19,23). The van der Waals surface area contributed by atoms with Crippen LogP contribution in [0.25, 0.3) is 0 Å². The highest BCUT2D eigenvalue weighted by Gasteiger charge is 2.09. The Bertz CT molecular complexity index is 697. The summed E-state index contributed by atoms with van der Waals surface area (Å²) in [6, 6.07) is 8.62. The molecular formula is C17H23N3O3S. The highest BCUT2D eigenvalue weighted by atomic mass is 32.1. The van der Waals surface area contributed by atoms with E-state index in [0.29, 0.717) is 13.1 Å². The molecule has 2 amide bonds. The second-order valence-corrected chi connectivity index (χ2v) is 6.51. The number of aromatic nitrogens is 1. The van der Waals surface area contributed by atoms with Gasteiger partial charge < -0.3 is 20.3 Å². The lowest BCUT2D eigenvalue weighted by Crippen LogP contribution is -2.38. The van der Waals surface area contributed by atoms with Gasteiger partial charge in [-0.25, -0.2) is 4.79 Å². The third-order valence-electron chi connectivity index (χ3n) is 3.69. The summed E-state index contributed by atoms with van der Waals surface area (Å²) in [5.41, 5.74) is 0.944. The Morgan fingerprint density at radius 2 is 2.08 bits per heavy atom. The van der Waals surface area contributed by atoms with Gasteiger partial charge in [0.15, 0.2) is 0 Å². The summed E-state index contributed by atoms with van der Waals surface area (Å²) < 4.78 is 1.73. The minimum absolute atomic E-state index is 0.00302. The van der Waals surface area contributed by atoms with Crippen molar-refractivity contribution in [2.24, 2.45) is 0 Å². The van der Waals surface area contributed by atoms with Crippen LogP contribution in [-0.2, 0) is 6.54 Å². The average Bonchev–Trinajstić information content (AvgIpc) is 3.09. The maximum absolute atomic E-state index is 11.7. The Balaban J connectivity index is 1.60. The molecule has 2 aromatic rings.